The second kappa shape index (κ2) is 7.88. The molecule has 0 spiro atoms. The van der Waals surface area contributed by atoms with Crippen molar-refractivity contribution in [1.29, 1.82) is 0 Å². The number of likely N-dealkylation sites (tertiary alicyclic amines) is 2. The van der Waals surface area contributed by atoms with Gasteiger partial charge in [-0.25, -0.2) is 4.98 Å². The van der Waals surface area contributed by atoms with Gasteiger partial charge < -0.3 is 4.90 Å². The zero-order valence-electron chi connectivity index (χ0n) is 16.7. The van der Waals surface area contributed by atoms with Crippen LogP contribution >= 0.6 is 11.3 Å². The molecule has 0 N–H and O–H groups in total. The number of nitrogens with zero attached hydrogens (tertiary/aromatic N) is 3. The lowest BCUT2D eigenvalue weighted by Crippen LogP contribution is -2.55. The van der Waals surface area contributed by atoms with Gasteiger partial charge in [-0.15, -0.1) is 11.3 Å². The molecule has 5 heteroatoms. The van der Waals surface area contributed by atoms with E-state index >= 15 is 0 Å². The van der Waals surface area contributed by atoms with Gasteiger partial charge in [-0.1, -0.05) is 12.1 Å². The summed E-state index contributed by atoms with van der Waals surface area (Å²) < 4.78 is 1.28. The predicted octanol–water partition coefficient (Wildman–Crippen LogP) is 4.65. The molecule has 2 fully saturated rings. The van der Waals surface area contributed by atoms with Crippen molar-refractivity contribution in [2.24, 2.45) is 0 Å². The number of rotatable bonds is 3. The number of thiazole rings is 1. The molecule has 0 aliphatic carbocycles. The normalized spacial score (nSPS) is 26.4. The second-order valence-electron chi connectivity index (χ2n) is 8.38. The summed E-state index contributed by atoms with van der Waals surface area (Å²) in [5.74, 6) is 0.863. The number of benzene rings is 1. The molecule has 1 aromatic carbocycles. The Balaban J connectivity index is 1.38. The summed E-state index contributed by atoms with van der Waals surface area (Å²) in [7, 11) is 0. The minimum atomic E-state index is -0.00989. The van der Waals surface area contributed by atoms with Gasteiger partial charge in [0.05, 0.1) is 21.3 Å². The largest absolute Gasteiger partial charge is 0.336 e. The van der Waals surface area contributed by atoms with Gasteiger partial charge in [-0.2, -0.15) is 0 Å². The maximum absolute atomic E-state index is 13.2. The highest BCUT2D eigenvalue weighted by Crippen LogP contribution is 2.34. The van der Waals surface area contributed by atoms with Crippen LogP contribution in [0.1, 0.15) is 63.8 Å². The Bertz CT molecular complexity index is 753. The van der Waals surface area contributed by atoms with Crippen molar-refractivity contribution < 1.29 is 4.79 Å². The highest BCUT2D eigenvalue weighted by molar-refractivity contribution is 7.18. The quantitative estimate of drug-likeness (QED) is 0.771. The molecule has 0 radical (unpaired) electrons. The number of carbonyl (C=O) groups is 1. The lowest BCUT2D eigenvalue weighted by Gasteiger charge is -2.43. The van der Waals surface area contributed by atoms with E-state index in [1.54, 1.807) is 0 Å². The molecule has 3 atom stereocenters. The van der Waals surface area contributed by atoms with Crippen molar-refractivity contribution in [3.63, 3.8) is 0 Å². The van der Waals surface area contributed by atoms with Crippen LogP contribution < -0.4 is 0 Å². The fourth-order valence-corrected chi connectivity index (χ4v) is 5.96. The van der Waals surface area contributed by atoms with E-state index in [2.05, 4.69) is 54.8 Å². The van der Waals surface area contributed by atoms with E-state index < -0.39 is 0 Å². The highest BCUT2D eigenvalue weighted by Gasteiger charge is 2.35. The summed E-state index contributed by atoms with van der Waals surface area (Å²) in [5.41, 5.74) is 1.12. The van der Waals surface area contributed by atoms with Gasteiger partial charge in [0, 0.05) is 18.0 Å². The number of para-hydroxylation sites is 1. The van der Waals surface area contributed by atoms with Crippen molar-refractivity contribution in [1.82, 2.24) is 14.8 Å². The lowest BCUT2D eigenvalue weighted by atomic mass is 9.94. The van der Waals surface area contributed by atoms with Gasteiger partial charge in [0.25, 0.3) is 0 Å². The molecule has 0 unspecified atom stereocenters. The first-order valence-corrected chi connectivity index (χ1v) is 11.3. The summed E-state index contributed by atoms with van der Waals surface area (Å²) in [6.07, 6.45) is 5.73. The molecule has 3 heterocycles. The van der Waals surface area contributed by atoms with Crippen LogP contribution in [0.5, 0.6) is 0 Å². The number of hydrogen-bond donors (Lipinski definition) is 0. The van der Waals surface area contributed by atoms with Crippen molar-refractivity contribution >= 4 is 27.5 Å². The third kappa shape index (κ3) is 3.77. The maximum Gasteiger partial charge on any atom is 0.240 e. The average molecular weight is 386 g/mol. The Morgan fingerprint density at radius 1 is 1.11 bits per heavy atom. The van der Waals surface area contributed by atoms with Gasteiger partial charge >= 0.3 is 0 Å². The first-order valence-electron chi connectivity index (χ1n) is 10.5. The van der Waals surface area contributed by atoms with Gasteiger partial charge in [0.2, 0.25) is 5.91 Å². The molecule has 1 aromatic heterocycles. The Morgan fingerprint density at radius 2 is 1.78 bits per heavy atom. The summed E-state index contributed by atoms with van der Waals surface area (Å²) in [6.45, 7) is 8.50. The zero-order valence-corrected chi connectivity index (χ0v) is 17.5. The van der Waals surface area contributed by atoms with Crippen LogP contribution in [0.15, 0.2) is 24.3 Å². The van der Waals surface area contributed by atoms with Crippen molar-refractivity contribution in [2.45, 2.75) is 76.9 Å². The number of fused-ring (bicyclic) bond motifs is 1. The van der Waals surface area contributed by atoms with E-state index in [1.165, 1.54) is 16.1 Å². The number of carbonyl (C=O) groups excluding carboxylic acids is 1. The van der Waals surface area contributed by atoms with Crippen LogP contribution in [-0.2, 0) is 4.79 Å². The maximum atomic E-state index is 13.2. The number of aromatic nitrogens is 1. The molecule has 2 saturated heterocycles. The van der Waals surface area contributed by atoms with Crippen LogP contribution in [0.4, 0.5) is 0 Å². The second-order valence-corrected chi connectivity index (χ2v) is 9.44. The van der Waals surface area contributed by atoms with E-state index in [4.69, 9.17) is 4.98 Å². The Hall–Kier alpha value is -1.46. The van der Waals surface area contributed by atoms with Crippen LogP contribution in [0, 0.1) is 0 Å². The zero-order chi connectivity index (χ0) is 19.0. The molecule has 2 aliphatic heterocycles. The molecule has 1 amide bonds. The Morgan fingerprint density at radius 3 is 2.44 bits per heavy atom. The number of piperidine rings is 2. The number of amides is 1. The SMILES string of the molecule is C[C@H](C(=O)N1[C@@H](C)CCC[C@@H]1C)N1CCC(c2nc3ccccc3s2)CC1. The van der Waals surface area contributed by atoms with Crippen molar-refractivity contribution in [2.75, 3.05) is 13.1 Å². The first kappa shape index (κ1) is 18.9. The lowest BCUT2D eigenvalue weighted by molar-refractivity contribution is -0.143. The standard InChI is InChI=1S/C22H31N3OS/c1-15-7-6-8-16(2)25(15)22(26)17(3)24-13-11-18(12-14-24)21-23-19-9-4-5-10-20(19)27-21/h4-5,9-10,15-18H,6-8,11-14H2,1-3H3/t15-,16-,17+/m0/s1. The van der Waals surface area contributed by atoms with Crippen LogP contribution in [0.3, 0.4) is 0 Å². The summed E-state index contributed by atoms with van der Waals surface area (Å²) >= 11 is 1.84. The van der Waals surface area contributed by atoms with Crippen LogP contribution in [0.2, 0.25) is 0 Å². The van der Waals surface area contributed by atoms with E-state index in [1.807, 2.05) is 11.3 Å². The summed E-state index contributed by atoms with van der Waals surface area (Å²) in [4.78, 5) is 22.6. The Labute approximate surface area is 166 Å². The first-order chi connectivity index (χ1) is 13.0. The van der Waals surface area contributed by atoms with Crippen molar-refractivity contribution in [3.05, 3.63) is 29.3 Å². The minimum absolute atomic E-state index is 0.00989. The molecule has 146 valence electrons. The van der Waals surface area contributed by atoms with Crippen molar-refractivity contribution in [3.8, 4) is 0 Å². The molecule has 0 bridgehead atoms. The molecule has 0 saturated carbocycles. The van der Waals surface area contributed by atoms with E-state index in [9.17, 15) is 4.79 Å². The van der Waals surface area contributed by atoms with Gasteiger partial charge in [-0.3, -0.25) is 9.69 Å². The molecular weight excluding hydrogens is 354 g/mol. The van der Waals surface area contributed by atoms with Gasteiger partial charge in [0.1, 0.15) is 0 Å². The molecular formula is C22H31N3OS. The highest BCUT2D eigenvalue weighted by atomic mass is 32.1. The predicted molar refractivity (Wildman–Crippen MR) is 112 cm³/mol. The smallest absolute Gasteiger partial charge is 0.240 e. The molecule has 2 aromatic rings. The summed E-state index contributed by atoms with van der Waals surface area (Å²) in [5, 5.41) is 1.27. The van der Waals surface area contributed by atoms with E-state index in [0.717, 1.165) is 44.3 Å². The van der Waals surface area contributed by atoms with E-state index in [0.29, 0.717) is 23.9 Å². The monoisotopic (exact) mass is 385 g/mol. The molecule has 2 aliphatic rings. The molecule has 27 heavy (non-hydrogen) atoms. The third-order valence-electron chi connectivity index (χ3n) is 6.54. The topological polar surface area (TPSA) is 36.4 Å². The fraction of sp³-hybridized carbons (Fsp3) is 0.636. The van der Waals surface area contributed by atoms with Crippen LogP contribution in [-0.4, -0.2) is 51.9 Å². The van der Waals surface area contributed by atoms with Gasteiger partial charge in [0.15, 0.2) is 0 Å². The van der Waals surface area contributed by atoms with Crippen LogP contribution in [0.25, 0.3) is 10.2 Å². The van der Waals surface area contributed by atoms with Gasteiger partial charge in [-0.05, 0) is 78.1 Å². The third-order valence-corrected chi connectivity index (χ3v) is 7.74. The van der Waals surface area contributed by atoms with E-state index in [-0.39, 0.29) is 6.04 Å². The summed E-state index contributed by atoms with van der Waals surface area (Å²) in [6, 6.07) is 9.16. The average Bonchev–Trinajstić information content (AvgIpc) is 3.11. The number of hydrogen-bond acceptors (Lipinski definition) is 4. The fourth-order valence-electron chi connectivity index (χ4n) is 4.83. The Kier molecular flexibility index (Phi) is 5.51. The molecule has 4 rings (SSSR count). The minimum Gasteiger partial charge on any atom is -0.336 e. The molecule has 4 nitrogen and oxygen atoms in total.